The number of carbonyl (C=O) groups is 1. The molecule has 3 aromatic heterocycles. The Morgan fingerprint density at radius 2 is 1.03 bits per heavy atom. The van der Waals surface area contributed by atoms with Crippen molar-refractivity contribution in [3.05, 3.63) is 167 Å². The molecule has 0 bridgehead atoms. The fourth-order valence-corrected chi connectivity index (χ4v) is 11.3. The van der Waals surface area contributed by atoms with Crippen molar-refractivity contribution >= 4 is 62.8 Å². The Bertz CT molecular complexity index is 2890. The number of aliphatic carboxylic acids is 1. The average molecular weight is 923 g/mol. The molecule has 0 saturated carbocycles. The van der Waals surface area contributed by atoms with Crippen molar-refractivity contribution in [1.82, 2.24) is 10.3 Å². The van der Waals surface area contributed by atoms with Crippen molar-refractivity contribution in [3.63, 3.8) is 0 Å². The van der Waals surface area contributed by atoms with Gasteiger partial charge in [-0.2, -0.15) is 0 Å². The molecule has 0 unspecified atom stereocenters. The van der Waals surface area contributed by atoms with Crippen LogP contribution in [0.15, 0.2) is 144 Å². The zero-order valence-corrected chi connectivity index (χ0v) is 40.2. The van der Waals surface area contributed by atoms with Crippen LogP contribution in [-0.2, 0) is 17.6 Å². The van der Waals surface area contributed by atoms with E-state index in [1.54, 1.807) is 11.3 Å². The SMILES string of the molecule is [C-]#[N+]/C(=C\c1ccc(-c2sc(-c3ccc(-c4cc(CCCCCCCC)c(-c5ccc(N(c6ccccc6)c6ccccc6)cc5)s4)c4nonc34)cc2CCCCCCCC)cc1)C(=O)O. The Labute approximate surface area is 403 Å². The van der Waals surface area contributed by atoms with Gasteiger partial charge in [0.15, 0.2) is 0 Å². The number of para-hydroxylation sites is 2. The summed E-state index contributed by atoms with van der Waals surface area (Å²) in [6.45, 7) is 11.8. The summed E-state index contributed by atoms with van der Waals surface area (Å²) in [4.78, 5) is 21.7. The molecule has 8 rings (SSSR count). The van der Waals surface area contributed by atoms with E-state index in [1.807, 2.05) is 35.6 Å². The van der Waals surface area contributed by atoms with Crippen molar-refractivity contribution < 1.29 is 14.5 Å². The molecule has 0 aliphatic carbocycles. The number of nitrogens with zero attached hydrogens (tertiary/aromatic N) is 4. The van der Waals surface area contributed by atoms with Crippen LogP contribution in [0.5, 0.6) is 0 Å². The molecular weight excluding hydrogens is 865 g/mol. The van der Waals surface area contributed by atoms with E-state index in [0.29, 0.717) is 5.56 Å². The Kier molecular flexibility index (Phi) is 16.3. The molecule has 0 aliphatic heterocycles. The second kappa shape index (κ2) is 23.2. The lowest BCUT2D eigenvalue weighted by molar-refractivity contribution is -0.132. The molecule has 0 aliphatic rings. The number of aryl methyl sites for hydroxylation is 2. The van der Waals surface area contributed by atoms with Gasteiger partial charge in [0.2, 0.25) is 0 Å². The van der Waals surface area contributed by atoms with Gasteiger partial charge in [-0.3, -0.25) is 4.79 Å². The third-order valence-electron chi connectivity index (χ3n) is 12.4. The number of fused-ring (bicyclic) bond motifs is 1. The third kappa shape index (κ3) is 11.5. The topological polar surface area (TPSA) is 83.8 Å². The number of unbranched alkanes of at least 4 members (excludes halogenated alkanes) is 10. The lowest BCUT2D eigenvalue weighted by Gasteiger charge is -2.25. The molecule has 0 saturated heterocycles. The highest BCUT2D eigenvalue weighted by atomic mass is 32.1. The van der Waals surface area contributed by atoms with Gasteiger partial charge in [0.1, 0.15) is 11.0 Å². The molecule has 9 heteroatoms. The highest BCUT2D eigenvalue weighted by Gasteiger charge is 2.22. The maximum Gasteiger partial charge on any atom is 0.333 e. The highest BCUT2D eigenvalue weighted by molar-refractivity contribution is 7.19. The third-order valence-corrected chi connectivity index (χ3v) is 14.9. The van der Waals surface area contributed by atoms with Crippen LogP contribution >= 0.6 is 22.7 Å². The number of hydrogen-bond donors (Lipinski definition) is 1. The maximum absolute atomic E-state index is 11.5. The van der Waals surface area contributed by atoms with Gasteiger partial charge in [-0.1, -0.05) is 163 Å². The monoisotopic (exact) mass is 922 g/mol. The quantitative estimate of drug-likeness (QED) is 0.0391. The molecule has 0 amide bonds. The summed E-state index contributed by atoms with van der Waals surface area (Å²) in [5.74, 6) is -1.23. The Balaban J connectivity index is 1.13. The van der Waals surface area contributed by atoms with Gasteiger partial charge in [0, 0.05) is 47.7 Å². The first-order valence-corrected chi connectivity index (χ1v) is 25.5. The van der Waals surface area contributed by atoms with Gasteiger partial charge in [-0.05, 0) is 118 Å². The molecule has 3 heterocycles. The van der Waals surface area contributed by atoms with Gasteiger partial charge in [0.25, 0.3) is 5.70 Å². The predicted octanol–water partition coefficient (Wildman–Crippen LogP) is 17.6. The van der Waals surface area contributed by atoms with E-state index < -0.39 is 5.97 Å². The summed E-state index contributed by atoms with van der Waals surface area (Å²) in [6, 6.07) is 47.0. The molecule has 0 fully saturated rings. The van der Waals surface area contributed by atoms with Crippen LogP contribution in [0.25, 0.3) is 63.7 Å². The van der Waals surface area contributed by atoms with E-state index in [1.165, 1.54) is 96.7 Å². The fraction of sp³-hybridized carbons (Fsp3) is 0.276. The molecule has 5 aromatic carbocycles. The van der Waals surface area contributed by atoms with E-state index in [9.17, 15) is 9.90 Å². The predicted molar refractivity (Wildman–Crippen MR) is 280 cm³/mol. The first kappa shape index (κ1) is 46.9. The number of hydrogen-bond acceptors (Lipinski definition) is 7. The summed E-state index contributed by atoms with van der Waals surface area (Å²) in [5.41, 5.74) is 12.1. The zero-order valence-electron chi connectivity index (χ0n) is 38.5. The van der Waals surface area contributed by atoms with Crippen molar-refractivity contribution in [2.45, 2.75) is 104 Å². The van der Waals surface area contributed by atoms with Crippen molar-refractivity contribution in [1.29, 1.82) is 0 Å². The van der Waals surface area contributed by atoms with E-state index >= 15 is 0 Å². The molecule has 0 atom stereocenters. The zero-order chi connectivity index (χ0) is 46.4. The van der Waals surface area contributed by atoms with Crippen LogP contribution in [0.1, 0.15) is 108 Å². The first-order valence-electron chi connectivity index (χ1n) is 23.9. The summed E-state index contributed by atoms with van der Waals surface area (Å²) < 4.78 is 5.57. The van der Waals surface area contributed by atoms with Gasteiger partial charge in [-0.25, -0.2) is 9.47 Å². The van der Waals surface area contributed by atoms with E-state index in [4.69, 9.17) is 11.2 Å². The summed E-state index contributed by atoms with van der Waals surface area (Å²) >= 11 is 3.56. The van der Waals surface area contributed by atoms with Crippen LogP contribution in [0.3, 0.4) is 0 Å². The summed E-state index contributed by atoms with van der Waals surface area (Å²) in [6.07, 6.45) is 18.1. The number of anilines is 3. The van der Waals surface area contributed by atoms with Crippen LogP contribution in [-0.4, -0.2) is 21.4 Å². The normalized spacial score (nSPS) is 11.6. The molecule has 67 heavy (non-hydrogen) atoms. The summed E-state index contributed by atoms with van der Waals surface area (Å²) in [7, 11) is 0. The van der Waals surface area contributed by atoms with Gasteiger partial charge in [-0.15, -0.1) is 22.7 Å². The Hall–Kier alpha value is -6.60. The van der Waals surface area contributed by atoms with Crippen LogP contribution in [0.4, 0.5) is 17.1 Å². The van der Waals surface area contributed by atoms with Crippen molar-refractivity contribution in [2.24, 2.45) is 0 Å². The largest absolute Gasteiger partial charge is 0.486 e. The molecule has 1 N–H and O–H groups in total. The minimum absolute atomic E-state index is 0.305. The fourth-order valence-electron chi connectivity index (χ4n) is 8.83. The number of benzene rings is 5. The molecule has 340 valence electrons. The number of thiophene rings is 2. The van der Waals surface area contributed by atoms with E-state index in [-0.39, 0.29) is 5.70 Å². The van der Waals surface area contributed by atoms with Crippen molar-refractivity contribution in [2.75, 3.05) is 4.90 Å². The number of carboxylic acid groups (broad SMARTS) is 1. The summed E-state index contributed by atoms with van der Waals surface area (Å²) in [5, 5.41) is 18.5. The van der Waals surface area contributed by atoms with Crippen LogP contribution < -0.4 is 4.90 Å². The van der Waals surface area contributed by atoms with Crippen LogP contribution in [0.2, 0.25) is 0 Å². The minimum Gasteiger partial charge on any atom is -0.486 e. The smallest absolute Gasteiger partial charge is 0.333 e. The highest BCUT2D eigenvalue weighted by Crippen LogP contribution is 2.46. The minimum atomic E-state index is -1.23. The Morgan fingerprint density at radius 3 is 1.48 bits per heavy atom. The van der Waals surface area contributed by atoms with Crippen LogP contribution in [0, 0.1) is 6.57 Å². The van der Waals surface area contributed by atoms with Gasteiger partial charge < -0.3 is 10.0 Å². The maximum atomic E-state index is 11.5. The molecular formula is C58H58N4O3S2. The standard InChI is InChI=1S/C58H58N4O3S2/c1-4-6-8-10-12-16-22-44-39-52(66-56(44)42-30-28-41(29-31-42)38-51(59-3)58(63)64)49-36-37-50(55-54(49)60-65-61-55)53-40-45(23-17-13-11-9-7-5-2)57(67-53)43-32-34-48(35-33-43)62(46-24-18-14-19-25-46)47-26-20-15-21-27-47/h14-15,18-21,24-40H,4-13,16-17,22-23H2,1-2H3,(H,63,64)/b51-38-. The first-order chi connectivity index (χ1) is 32.9. The second-order valence-corrected chi connectivity index (χ2v) is 19.3. The lowest BCUT2D eigenvalue weighted by Crippen LogP contribution is -2.09. The van der Waals surface area contributed by atoms with Gasteiger partial charge in [0.05, 0.1) is 6.57 Å². The lowest BCUT2D eigenvalue weighted by atomic mass is 9.99. The average Bonchev–Trinajstić information content (AvgIpc) is 4.14. The number of rotatable bonds is 23. The molecule has 7 nitrogen and oxygen atoms in total. The second-order valence-electron chi connectivity index (χ2n) is 17.2. The van der Waals surface area contributed by atoms with Crippen molar-refractivity contribution in [3.8, 4) is 41.8 Å². The number of aromatic nitrogens is 2. The molecule has 0 spiro atoms. The van der Waals surface area contributed by atoms with Gasteiger partial charge >= 0.3 is 5.97 Å². The van der Waals surface area contributed by atoms with E-state index in [0.717, 1.165) is 80.2 Å². The molecule has 8 aromatic rings. The Morgan fingerprint density at radius 1 is 0.597 bits per heavy atom. The van der Waals surface area contributed by atoms with E-state index in [2.05, 4.69) is 143 Å². The number of carboxylic acids is 1. The molecule has 0 radical (unpaired) electrons.